The van der Waals surface area contributed by atoms with Crippen LogP contribution in [0, 0.1) is 6.92 Å². The van der Waals surface area contributed by atoms with E-state index in [0.717, 1.165) is 53.4 Å². The Labute approximate surface area is 227 Å². The van der Waals surface area contributed by atoms with E-state index in [9.17, 15) is 0 Å². The molecule has 3 aromatic rings. The van der Waals surface area contributed by atoms with Crippen LogP contribution in [0.3, 0.4) is 0 Å². The molecule has 5 rings (SSSR count). The Bertz CT molecular complexity index is 1340. The number of benzene rings is 1. The molecule has 2 aliphatic rings. The largest absolute Gasteiger partial charge is 0.383 e. The molecule has 0 atom stereocenters. The fourth-order valence-electron chi connectivity index (χ4n) is 5.58. The molecule has 1 saturated carbocycles. The number of aryl methyl sites for hydroxylation is 1. The van der Waals surface area contributed by atoms with Gasteiger partial charge in [0, 0.05) is 54.9 Å². The van der Waals surface area contributed by atoms with Crippen molar-refractivity contribution in [1.82, 2.24) is 14.9 Å². The maximum absolute atomic E-state index is 6.10. The lowest BCUT2D eigenvalue weighted by Crippen LogP contribution is -2.43. The first-order chi connectivity index (χ1) is 18.4. The minimum absolute atomic E-state index is 0.508. The molecule has 1 aliphatic heterocycles. The number of piperidine rings is 1. The SMILES string of the molecule is CC/C(=N\c1ccc(-c2cccc(N3CCC(N(C)C(C)=C4CCC4)CC3)c2)nc1C)c1cccnc1N. The van der Waals surface area contributed by atoms with E-state index in [-0.39, 0.29) is 0 Å². The number of nitrogens with zero attached hydrogens (tertiary/aromatic N) is 5. The molecule has 2 fully saturated rings. The van der Waals surface area contributed by atoms with Crippen molar-refractivity contribution < 1.29 is 0 Å². The van der Waals surface area contributed by atoms with E-state index in [1.165, 1.54) is 43.5 Å². The molecule has 198 valence electrons. The van der Waals surface area contributed by atoms with E-state index in [1.807, 2.05) is 19.1 Å². The number of pyridine rings is 2. The summed E-state index contributed by atoms with van der Waals surface area (Å²) in [6.45, 7) is 8.58. The highest BCUT2D eigenvalue weighted by molar-refractivity contribution is 6.05. The molecule has 38 heavy (non-hydrogen) atoms. The third-order valence-electron chi connectivity index (χ3n) is 8.31. The first-order valence-corrected chi connectivity index (χ1v) is 14.0. The summed E-state index contributed by atoms with van der Waals surface area (Å²) in [6.07, 6.45) is 8.80. The van der Waals surface area contributed by atoms with E-state index < -0.39 is 0 Å². The van der Waals surface area contributed by atoms with Crippen LogP contribution < -0.4 is 10.6 Å². The molecular weight excluding hydrogens is 468 g/mol. The van der Waals surface area contributed by atoms with Gasteiger partial charge in [-0.25, -0.2) is 4.98 Å². The highest BCUT2D eigenvalue weighted by Crippen LogP contribution is 2.33. The van der Waals surface area contributed by atoms with E-state index in [0.29, 0.717) is 11.9 Å². The summed E-state index contributed by atoms with van der Waals surface area (Å²) in [5.74, 6) is 0.508. The smallest absolute Gasteiger partial charge is 0.132 e. The summed E-state index contributed by atoms with van der Waals surface area (Å²) in [4.78, 5) is 19.1. The number of hydrogen-bond acceptors (Lipinski definition) is 6. The number of aromatic nitrogens is 2. The standard InChI is InChI=1S/C32H40N6/c1-5-29(28-13-8-18-34-32(28)33)36-30-14-15-31(35-22(30)2)25-11-7-12-27(21-25)38-19-16-26(17-20-38)37(4)23(3)24-9-6-10-24/h7-8,11-15,18,21,26H,5-6,9-10,16-17,19-20H2,1-4H3,(H2,33,34)/b36-29+. The summed E-state index contributed by atoms with van der Waals surface area (Å²) < 4.78 is 0. The lowest BCUT2D eigenvalue weighted by molar-refractivity contribution is 0.252. The third-order valence-corrected chi connectivity index (χ3v) is 8.31. The van der Waals surface area contributed by atoms with Crippen LogP contribution in [0.1, 0.15) is 63.6 Å². The van der Waals surface area contributed by atoms with Crippen molar-refractivity contribution in [2.45, 2.75) is 65.3 Å². The molecule has 1 aromatic carbocycles. The predicted molar refractivity (Wildman–Crippen MR) is 159 cm³/mol. The number of rotatable bonds is 7. The summed E-state index contributed by atoms with van der Waals surface area (Å²) in [5, 5.41) is 0. The third kappa shape index (κ3) is 5.45. The zero-order valence-electron chi connectivity index (χ0n) is 23.2. The highest BCUT2D eigenvalue weighted by Gasteiger charge is 2.25. The van der Waals surface area contributed by atoms with Crippen molar-refractivity contribution in [3.63, 3.8) is 0 Å². The van der Waals surface area contributed by atoms with Gasteiger partial charge in [-0.05, 0) is 88.8 Å². The first kappa shape index (κ1) is 26.0. The van der Waals surface area contributed by atoms with Gasteiger partial charge in [-0.1, -0.05) is 24.6 Å². The van der Waals surface area contributed by atoms with Crippen LogP contribution in [0.2, 0.25) is 0 Å². The van der Waals surface area contributed by atoms with Crippen LogP contribution >= 0.6 is 0 Å². The monoisotopic (exact) mass is 508 g/mol. The van der Waals surface area contributed by atoms with Gasteiger partial charge in [-0.15, -0.1) is 0 Å². The molecule has 0 spiro atoms. The Morgan fingerprint density at radius 3 is 2.55 bits per heavy atom. The van der Waals surface area contributed by atoms with E-state index in [1.54, 1.807) is 11.8 Å². The zero-order valence-corrected chi connectivity index (χ0v) is 23.2. The number of nitrogens with two attached hydrogens (primary N) is 1. The Morgan fingerprint density at radius 1 is 1.11 bits per heavy atom. The van der Waals surface area contributed by atoms with Gasteiger partial charge >= 0.3 is 0 Å². The Hall–Kier alpha value is -3.67. The number of allylic oxidation sites excluding steroid dienone is 2. The lowest BCUT2D eigenvalue weighted by atomic mass is 9.89. The molecule has 1 aliphatic carbocycles. The van der Waals surface area contributed by atoms with Crippen molar-refractivity contribution in [2.24, 2.45) is 4.99 Å². The Kier molecular flexibility index (Phi) is 7.77. The normalized spacial score (nSPS) is 16.4. The number of nitrogen functional groups attached to an aromatic ring is 1. The van der Waals surface area contributed by atoms with Crippen LogP contribution in [0.4, 0.5) is 17.2 Å². The highest BCUT2D eigenvalue weighted by atomic mass is 15.2. The minimum Gasteiger partial charge on any atom is -0.383 e. The van der Waals surface area contributed by atoms with Crippen molar-refractivity contribution in [2.75, 3.05) is 30.8 Å². The van der Waals surface area contributed by atoms with Gasteiger partial charge in [0.15, 0.2) is 0 Å². The predicted octanol–water partition coefficient (Wildman–Crippen LogP) is 6.92. The molecule has 2 aromatic heterocycles. The van der Waals surface area contributed by atoms with Crippen molar-refractivity contribution in [1.29, 1.82) is 0 Å². The molecule has 6 nitrogen and oxygen atoms in total. The molecule has 6 heteroatoms. The van der Waals surface area contributed by atoms with Gasteiger partial charge in [0.1, 0.15) is 5.82 Å². The van der Waals surface area contributed by atoms with E-state index in [2.05, 4.69) is 72.1 Å². The second-order valence-corrected chi connectivity index (χ2v) is 10.6. The minimum atomic E-state index is 0.508. The summed E-state index contributed by atoms with van der Waals surface area (Å²) in [6, 6.07) is 17.4. The molecule has 0 amide bonds. The Morgan fingerprint density at radius 2 is 1.89 bits per heavy atom. The van der Waals surface area contributed by atoms with Crippen LogP contribution in [-0.4, -0.2) is 46.8 Å². The first-order valence-electron chi connectivity index (χ1n) is 14.0. The summed E-state index contributed by atoms with van der Waals surface area (Å²) in [7, 11) is 2.29. The molecule has 0 bridgehead atoms. The van der Waals surface area contributed by atoms with Gasteiger partial charge in [-0.2, -0.15) is 0 Å². The van der Waals surface area contributed by atoms with Crippen LogP contribution in [0.5, 0.6) is 0 Å². The van der Waals surface area contributed by atoms with Crippen LogP contribution in [-0.2, 0) is 0 Å². The van der Waals surface area contributed by atoms with Crippen molar-refractivity contribution >= 4 is 22.9 Å². The van der Waals surface area contributed by atoms with Gasteiger partial charge in [0.05, 0.1) is 22.8 Å². The van der Waals surface area contributed by atoms with Crippen LogP contribution in [0.15, 0.2) is 71.0 Å². The lowest BCUT2D eigenvalue weighted by Gasteiger charge is -2.40. The quantitative estimate of drug-likeness (QED) is 0.351. The average Bonchev–Trinajstić information content (AvgIpc) is 2.91. The second-order valence-electron chi connectivity index (χ2n) is 10.6. The molecule has 2 N–H and O–H groups in total. The Balaban J connectivity index is 1.30. The van der Waals surface area contributed by atoms with Crippen molar-refractivity contribution in [3.05, 3.63) is 77.3 Å². The maximum Gasteiger partial charge on any atom is 0.132 e. The molecule has 0 radical (unpaired) electrons. The van der Waals surface area contributed by atoms with E-state index in [4.69, 9.17) is 15.7 Å². The topological polar surface area (TPSA) is 70.6 Å². The fourth-order valence-corrected chi connectivity index (χ4v) is 5.58. The number of aliphatic imine (C=N–C) groups is 1. The van der Waals surface area contributed by atoms with Gasteiger partial charge in [-0.3, -0.25) is 9.98 Å². The van der Waals surface area contributed by atoms with Gasteiger partial charge in [0.25, 0.3) is 0 Å². The van der Waals surface area contributed by atoms with Crippen LogP contribution in [0.25, 0.3) is 11.3 Å². The molecule has 3 heterocycles. The van der Waals surface area contributed by atoms with Crippen molar-refractivity contribution in [3.8, 4) is 11.3 Å². The molecular formula is C32H40N6. The van der Waals surface area contributed by atoms with Gasteiger partial charge in [0.2, 0.25) is 0 Å². The summed E-state index contributed by atoms with van der Waals surface area (Å²) >= 11 is 0. The average molecular weight is 509 g/mol. The maximum atomic E-state index is 6.10. The van der Waals surface area contributed by atoms with Gasteiger partial charge < -0.3 is 15.5 Å². The number of anilines is 2. The van der Waals surface area contributed by atoms with E-state index >= 15 is 0 Å². The second kappa shape index (κ2) is 11.4. The molecule has 0 unspecified atom stereocenters. The summed E-state index contributed by atoms with van der Waals surface area (Å²) in [5.41, 5.74) is 16.2. The molecule has 1 saturated heterocycles. The number of hydrogen-bond donors (Lipinski definition) is 1. The zero-order chi connectivity index (χ0) is 26.6. The fraction of sp³-hybridized carbons (Fsp3) is 0.406.